The zero-order chi connectivity index (χ0) is 15.8. The Bertz CT molecular complexity index is 758. The molecule has 1 aromatic carbocycles. The zero-order valence-corrected chi connectivity index (χ0v) is 13.7. The number of nitrogens with one attached hydrogen (secondary N) is 1. The van der Waals surface area contributed by atoms with Gasteiger partial charge < -0.3 is 5.32 Å². The highest BCUT2D eigenvalue weighted by molar-refractivity contribution is 6.16. The summed E-state index contributed by atoms with van der Waals surface area (Å²) in [7, 11) is 0. The van der Waals surface area contributed by atoms with Crippen molar-refractivity contribution in [1.82, 2.24) is 0 Å². The SMILES string of the molecule is CC1=C[C@@]23CC(C)(C)N=C2c2ccccc2N[C@@]3(C)CC1=O. The van der Waals surface area contributed by atoms with E-state index >= 15 is 0 Å². The summed E-state index contributed by atoms with van der Waals surface area (Å²) >= 11 is 0. The quantitative estimate of drug-likeness (QED) is 0.792. The molecule has 0 unspecified atom stereocenters. The number of carbonyl (C=O) groups excluding carboxylic acids is 1. The predicted molar refractivity (Wildman–Crippen MR) is 89.5 cm³/mol. The van der Waals surface area contributed by atoms with Crippen molar-refractivity contribution < 1.29 is 4.79 Å². The van der Waals surface area contributed by atoms with Gasteiger partial charge in [-0.3, -0.25) is 9.79 Å². The summed E-state index contributed by atoms with van der Waals surface area (Å²) in [5, 5.41) is 3.68. The van der Waals surface area contributed by atoms with E-state index < -0.39 is 0 Å². The molecule has 3 heteroatoms. The summed E-state index contributed by atoms with van der Waals surface area (Å²) in [5.74, 6) is 0.240. The summed E-state index contributed by atoms with van der Waals surface area (Å²) in [4.78, 5) is 17.4. The van der Waals surface area contributed by atoms with Crippen molar-refractivity contribution in [2.24, 2.45) is 10.4 Å². The molecule has 1 spiro atoms. The van der Waals surface area contributed by atoms with Gasteiger partial charge in [0.25, 0.3) is 0 Å². The molecule has 0 saturated heterocycles. The van der Waals surface area contributed by atoms with Crippen LogP contribution in [0, 0.1) is 5.41 Å². The molecule has 0 aromatic heterocycles. The topological polar surface area (TPSA) is 41.5 Å². The van der Waals surface area contributed by atoms with Gasteiger partial charge in [0, 0.05) is 17.7 Å². The van der Waals surface area contributed by atoms with Gasteiger partial charge >= 0.3 is 0 Å². The second kappa shape index (κ2) is 3.89. The van der Waals surface area contributed by atoms with Gasteiger partial charge in [-0.25, -0.2) is 0 Å². The molecule has 4 rings (SSSR count). The molecule has 0 amide bonds. The molecule has 2 heterocycles. The number of benzene rings is 1. The maximum atomic E-state index is 12.4. The van der Waals surface area contributed by atoms with Crippen LogP contribution in [0.5, 0.6) is 0 Å². The van der Waals surface area contributed by atoms with Gasteiger partial charge in [-0.15, -0.1) is 0 Å². The molecule has 0 bridgehead atoms. The van der Waals surface area contributed by atoms with Gasteiger partial charge in [0.15, 0.2) is 5.78 Å². The van der Waals surface area contributed by atoms with E-state index in [1.165, 1.54) is 5.56 Å². The first-order valence-corrected chi connectivity index (χ1v) is 7.97. The second-order valence-corrected chi connectivity index (χ2v) is 7.85. The van der Waals surface area contributed by atoms with E-state index in [0.29, 0.717) is 6.42 Å². The van der Waals surface area contributed by atoms with Crippen LogP contribution in [0.15, 0.2) is 40.9 Å². The smallest absolute Gasteiger partial charge is 0.160 e. The Morgan fingerprint density at radius 3 is 2.68 bits per heavy atom. The van der Waals surface area contributed by atoms with E-state index in [4.69, 9.17) is 4.99 Å². The second-order valence-electron chi connectivity index (χ2n) is 7.85. The largest absolute Gasteiger partial charge is 0.378 e. The van der Waals surface area contributed by atoms with Crippen molar-refractivity contribution in [3.8, 4) is 0 Å². The van der Waals surface area contributed by atoms with Gasteiger partial charge in [0.1, 0.15) is 0 Å². The predicted octanol–water partition coefficient (Wildman–Crippen LogP) is 3.75. The number of allylic oxidation sites excluding steroid dienone is 1. The Labute approximate surface area is 131 Å². The Morgan fingerprint density at radius 2 is 1.91 bits per heavy atom. The lowest BCUT2D eigenvalue weighted by Gasteiger charge is -2.53. The van der Waals surface area contributed by atoms with Gasteiger partial charge in [0.05, 0.1) is 22.2 Å². The number of ketones is 1. The summed E-state index contributed by atoms with van der Waals surface area (Å²) < 4.78 is 0. The molecule has 114 valence electrons. The fourth-order valence-corrected chi connectivity index (χ4v) is 4.56. The molecule has 3 aliphatic rings. The summed E-state index contributed by atoms with van der Waals surface area (Å²) in [6, 6.07) is 8.33. The number of fused-ring (bicyclic) bond motifs is 2. The number of hydrogen-bond acceptors (Lipinski definition) is 3. The Balaban J connectivity index is 2.05. The highest BCUT2D eigenvalue weighted by Crippen LogP contribution is 2.57. The maximum absolute atomic E-state index is 12.4. The number of nitrogens with zero attached hydrogens (tertiary/aromatic N) is 1. The summed E-state index contributed by atoms with van der Waals surface area (Å²) in [5.41, 5.74) is 3.72. The van der Waals surface area contributed by atoms with E-state index in [0.717, 1.165) is 23.4 Å². The van der Waals surface area contributed by atoms with Crippen LogP contribution in [0.25, 0.3) is 0 Å². The highest BCUT2D eigenvalue weighted by Gasteiger charge is 2.61. The molecule has 1 aromatic rings. The Kier molecular flexibility index (Phi) is 2.43. The lowest BCUT2D eigenvalue weighted by atomic mass is 9.56. The molecule has 0 fully saturated rings. The van der Waals surface area contributed by atoms with Crippen molar-refractivity contribution >= 4 is 17.2 Å². The number of hydrogen-bond donors (Lipinski definition) is 1. The van der Waals surface area contributed by atoms with Gasteiger partial charge in [-0.2, -0.15) is 0 Å². The van der Waals surface area contributed by atoms with Crippen LogP contribution in [0.1, 0.15) is 46.1 Å². The molecule has 0 saturated carbocycles. The maximum Gasteiger partial charge on any atom is 0.160 e. The minimum Gasteiger partial charge on any atom is -0.378 e. The third-order valence-corrected chi connectivity index (χ3v) is 5.54. The number of carbonyl (C=O) groups is 1. The minimum atomic E-state index is -0.301. The van der Waals surface area contributed by atoms with E-state index in [1.54, 1.807) is 0 Å². The molecular weight excluding hydrogens is 272 g/mol. The Hall–Kier alpha value is -1.90. The molecule has 0 radical (unpaired) electrons. The van der Waals surface area contributed by atoms with Gasteiger partial charge in [0.2, 0.25) is 0 Å². The fourth-order valence-electron chi connectivity index (χ4n) is 4.56. The first-order valence-electron chi connectivity index (χ1n) is 7.97. The monoisotopic (exact) mass is 294 g/mol. The van der Waals surface area contributed by atoms with Crippen LogP contribution >= 0.6 is 0 Å². The zero-order valence-electron chi connectivity index (χ0n) is 13.7. The number of Topliss-reactive ketones (excluding diaryl/α,β-unsaturated/α-hetero) is 1. The van der Waals surface area contributed by atoms with Crippen LogP contribution in [0.4, 0.5) is 5.69 Å². The van der Waals surface area contributed by atoms with Crippen LogP contribution in [0.3, 0.4) is 0 Å². The Morgan fingerprint density at radius 1 is 1.18 bits per heavy atom. The van der Waals surface area contributed by atoms with Crippen LogP contribution in [0.2, 0.25) is 0 Å². The molecule has 1 aliphatic carbocycles. The van der Waals surface area contributed by atoms with Gasteiger partial charge in [-0.05, 0) is 45.8 Å². The lowest BCUT2D eigenvalue weighted by molar-refractivity contribution is -0.117. The minimum absolute atomic E-state index is 0.104. The van der Waals surface area contributed by atoms with Crippen LogP contribution in [-0.4, -0.2) is 22.6 Å². The first kappa shape index (κ1) is 13.7. The van der Waals surface area contributed by atoms with Crippen LogP contribution in [-0.2, 0) is 4.79 Å². The normalized spacial score (nSPS) is 34.8. The van der Waals surface area contributed by atoms with Crippen molar-refractivity contribution in [3.63, 3.8) is 0 Å². The van der Waals surface area contributed by atoms with E-state index in [9.17, 15) is 4.79 Å². The fraction of sp³-hybridized carbons (Fsp3) is 0.474. The number of aliphatic imine (C=N–C) groups is 1. The summed E-state index contributed by atoms with van der Waals surface area (Å²) in [6.45, 7) is 8.51. The van der Waals surface area contributed by atoms with E-state index in [-0.39, 0.29) is 22.3 Å². The van der Waals surface area contributed by atoms with Gasteiger partial charge in [-0.1, -0.05) is 24.3 Å². The average molecular weight is 294 g/mol. The third kappa shape index (κ3) is 1.57. The molecule has 2 aliphatic heterocycles. The number of anilines is 1. The van der Waals surface area contributed by atoms with E-state index in [2.05, 4.69) is 50.4 Å². The van der Waals surface area contributed by atoms with Crippen molar-refractivity contribution in [2.45, 2.75) is 51.6 Å². The van der Waals surface area contributed by atoms with Crippen LogP contribution < -0.4 is 5.32 Å². The van der Waals surface area contributed by atoms with Crippen molar-refractivity contribution in [3.05, 3.63) is 41.5 Å². The molecule has 2 atom stereocenters. The number of para-hydroxylation sites is 1. The average Bonchev–Trinajstić information content (AvgIpc) is 2.70. The third-order valence-electron chi connectivity index (χ3n) is 5.54. The number of rotatable bonds is 0. The molecule has 1 N–H and O–H groups in total. The molecule has 22 heavy (non-hydrogen) atoms. The molecular formula is C19H22N2O. The standard InChI is InChI=1S/C19H22N2O/c1-12-9-19-11-17(2,3)21-16(19)13-7-5-6-8-14(13)20-18(19,4)10-15(12)22/h5-9,20H,10-11H2,1-4H3/t18-,19+/m0/s1. The lowest BCUT2D eigenvalue weighted by Crippen LogP contribution is -2.60. The molecule has 3 nitrogen and oxygen atoms in total. The first-order chi connectivity index (χ1) is 10.3. The van der Waals surface area contributed by atoms with Crippen molar-refractivity contribution in [2.75, 3.05) is 5.32 Å². The highest BCUT2D eigenvalue weighted by atomic mass is 16.1. The summed E-state index contributed by atoms with van der Waals surface area (Å²) in [6.07, 6.45) is 3.66. The van der Waals surface area contributed by atoms with Crippen molar-refractivity contribution in [1.29, 1.82) is 0 Å². The van der Waals surface area contributed by atoms with E-state index in [1.807, 2.05) is 13.0 Å².